The van der Waals surface area contributed by atoms with Gasteiger partial charge in [-0.15, -0.1) is 10.2 Å². The van der Waals surface area contributed by atoms with Crippen molar-refractivity contribution in [1.82, 2.24) is 25.0 Å². The molecule has 26 heavy (non-hydrogen) atoms. The number of fused-ring (bicyclic) bond motifs is 1. The molecule has 3 rings (SSSR count). The van der Waals surface area contributed by atoms with Crippen LogP contribution in [0.2, 0.25) is 0 Å². The molecule has 3 aromatic heterocycles. The summed E-state index contributed by atoms with van der Waals surface area (Å²) in [6.07, 6.45) is 1.71. The molecule has 0 fully saturated rings. The Kier molecular flexibility index (Phi) is 5.04. The molecule has 0 aliphatic rings. The topological polar surface area (TPSA) is 85.6 Å². The molecule has 0 aliphatic heterocycles. The van der Waals surface area contributed by atoms with Crippen molar-refractivity contribution in [2.45, 2.75) is 59.4 Å². The third-order valence-electron chi connectivity index (χ3n) is 4.07. The van der Waals surface area contributed by atoms with E-state index in [1.54, 1.807) is 6.20 Å². The molecule has 0 aliphatic carbocycles. The van der Waals surface area contributed by atoms with Crippen molar-refractivity contribution in [2.24, 2.45) is 0 Å². The van der Waals surface area contributed by atoms with Crippen molar-refractivity contribution in [3.05, 3.63) is 28.5 Å². The zero-order valence-electron chi connectivity index (χ0n) is 15.9. The second kappa shape index (κ2) is 7.11. The number of aromatic nitrogens is 5. The number of hydrogen-bond acceptors (Lipinski definition) is 6. The van der Waals surface area contributed by atoms with Gasteiger partial charge in [0.25, 0.3) is 5.91 Å². The Labute approximate surface area is 156 Å². The van der Waals surface area contributed by atoms with Crippen LogP contribution in [0.4, 0.5) is 5.13 Å². The lowest BCUT2D eigenvalue weighted by atomic mass is 10.0. The lowest BCUT2D eigenvalue weighted by Crippen LogP contribution is -2.14. The minimum atomic E-state index is -0.214. The van der Waals surface area contributed by atoms with E-state index in [1.807, 2.05) is 38.4 Å². The standard InChI is InChI=1S/C18H24N6OS/c1-9(2)14-7-12(13-8-19-24(11(5)6)15(13)20-14)16(25)21-18-23-22-17(26-18)10(3)4/h7-11H,1-6H3,(H,21,23,25). The van der Waals surface area contributed by atoms with Crippen LogP contribution in [0.15, 0.2) is 12.3 Å². The number of nitrogens with one attached hydrogen (secondary N) is 1. The zero-order valence-corrected chi connectivity index (χ0v) is 16.8. The average Bonchev–Trinajstić information content (AvgIpc) is 3.20. The van der Waals surface area contributed by atoms with Gasteiger partial charge >= 0.3 is 0 Å². The molecule has 7 nitrogen and oxygen atoms in total. The van der Waals surface area contributed by atoms with Crippen LogP contribution in [0.5, 0.6) is 0 Å². The highest BCUT2D eigenvalue weighted by atomic mass is 32.1. The molecule has 0 atom stereocenters. The molecule has 3 aromatic rings. The first-order chi connectivity index (χ1) is 12.3. The van der Waals surface area contributed by atoms with Gasteiger partial charge in [0.1, 0.15) is 5.01 Å². The number of hydrogen-bond donors (Lipinski definition) is 1. The summed E-state index contributed by atoms with van der Waals surface area (Å²) in [5.41, 5.74) is 2.16. The Bertz CT molecular complexity index is 940. The molecule has 0 saturated carbocycles. The van der Waals surface area contributed by atoms with E-state index in [-0.39, 0.29) is 23.8 Å². The summed E-state index contributed by atoms with van der Waals surface area (Å²) in [7, 11) is 0. The number of amides is 1. The molecule has 0 spiro atoms. The monoisotopic (exact) mass is 372 g/mol. The third kappa shape index (κ3) is 3.46. The van der Waals surface area contributed by atoms with E-state index in [4.69, 9.17) is 4.98 Å². The fourth-order valence-electron chi connectivity index (χ4n) is 2.58. The third-order valence-corrected chi connectivity index (χ3v) is 5.21. The zero-order chi connectivity index (χ0) is 19.0. The number of anilines is 1. The fourth-order valence-corrected chi connectivity index (χ4v) is 3.32. The highest BCUT2D eigenvalue weighted by Gasteiger charge is 2.20. The van der Waals surface area contributed by atoms with E-state index >= 15 is 0 Å². The molecule has 8 heteroatoms. The maximum atomic E-state index is 12.9. The van der Waals surface area contributed by atoms with Crippen molar-refractivity contribution in [3.63, 3.8) is 0 Å². The van der Waals surface area contributed by atoms with Gasteiger partial charge in [0.15, 0.2) is 5.65 Å². The predicted molar refractivity (Wildman–Crippen MR) is 104 cm³/mol. The summed E-state index contributed by atoms with van der Waals surface area (Å²) >= 11 is 1.40. The van der Waals surface area contributed by atoms with E-state index in [9.17, 15) is 4.79 Å². The van der Waals surface area contributed by atoms with Gasteiger partial charge in [-0.1, -0.05) is 39.0 Å². The van der Waals surface area contributed by atoms with E-state index < -0.39 is 0 Å². The quantitative estimate of drug-likeness (QED) is 0.719. The molecule has 0 bridgehead atoms. The Morgan fingerprint density at radius 2 is 1.85 bits per heavy atom. The van der Waals surface area contributed by atoms with Gasteiger partial charge in [-0.25, -0.2) is 9.67 Å². The minimum absolute atomic E-state index is 0.162. The number of pyridine rings is 1. The summed E-state index contributed by atoms with van der Waals surface area (Å²) in [5, 5.41) is 17.6. The number of rotatable bonds is 5. The average molecular weight is 372 g/mol. The largest absolute Gasteiger partial charge is 0.296 e. The van der Waals surface area contributed by atoms with Crippen molar-refractivity contribution in [1.29, 1.82) is 0 Å². The van der Waals surface area contributed by atoms with Crippen LogP contribution < -0.4 is 5.32 Å². The molecule has 138 valence electrons. The molecular weight excluding hydrogens is 348 g/mol. The minimum Gasteiger partial charge on any atom is -0.296 e. The van der Waals surface area contributed by atoms with Crippen LogP contribution in [-0.4, -0.2) is 30.9 Å². The SMILES string of the molecule is CC(C)c1cc(C(=O)Nc2nnc(C(C)C)s2)c2cnn(C(C)C)c2n1. The van der Waals surface area contributed by atoms with Gasteiger partial charge < -0.3 is 0 Å². The van der Waals surface area contributed by atoms with Gasteiger partial charge in [-0.05, 0) is 25.8 Å². The summed E-state index contributed by atoms with van der Waals surface area (Å²) in [6.45, 7) is 12.3. The Hall–Kier alpha value is -2.35. The summed E-state index contributed by atoms with van der Waals surface area (Å²) in [4.78, 5) is 17.7. The Morgan fingerprint density at radius 3 is 2.42 bits per heavy atom. The highest BCUT2D eigenvalue weighted by Crippen LogP contribution is 2.27. The van der Waals surface area contributed by atoms with Crippen LogP contribution in [0.1, 0.15) is 80.5 Å². The normalized spacial score (nSPS) is 11.9. The molecule has 0 radical (unpaired) electrons. The van der Waals surface area contributed by atoms with Gasteiger partial charge in [-0.3, -0.25) is 10.1 Å². The summed E-state index contributed by atoms with van der Waals surface area (Å²) < 4.78 is 1.85. The van der Waals surface area contributed by atoms with Crippen molar-refractivity contribution < 1.29 is 4.79 Å². The first-order valence-electron chi connectivity index (χ1n) is 8.80. The molecular formula is C18H24N6OS. The van der Waals surface area contributed by atoms with Gasteiger partial charge in [-0.2, -0.15) is 5.10 Å². The van der Waals surface area contributed by atoms with Crippen molar-refractivity contribution >= 4 is 33.4 Å². The van der Waals surface area contributed by atoms with Crippen LogP contribution in [0, 0.1) is 0 Å². The van der Waals surface area contributed by atoms with Gasteiger partial charge in [0, 0.05) is 17.7 Å². The molecule has 0 unspecified atom stereocenters. The van der Waals surface area contributed by atoms with E-state index in [0.717, 1.165) is 21.7 Å². The molecule has 0 aromatic carbocycles. The first kappa shape index (κ1) is 18.4. The number of carbonyl (C=O) groups is 1. The van der Waals surface area contributed by atoms with Gasteiger partial charge in [0.2, 0.25) is 5.13 Å². The molecule has 3 heterocycles. The van der Waals surface area contributed by atoms with Crippen LogP contribution >= 0.6 is 11.3 Å². The Balaban J connectivity index is 2.03. The van der Waals surface area contributed by atoms with Crippen LogP contribution in [0.25, 0.3) is 11.0 Å². The summed E-state index contributed by atoms with van der Waals surface area (Å²) in [5.74, 6) is 0.271. The van der Waals surface area contributed by atoms with Crippen molar-refractivity contribution in [3.8, 4) is 0 Å². The molecule has 1 N–H and O–H groups in total. The van der Waals surface area contributed by atoms with Crippen molar-refractivity contribution in [2.75, 3.05) is 5.32 Å². The number of nitrogens with zero attached hydrogens (tertiary/aromatic N) is 5. The lowest BCUT2D eigenvalue weighted by Gasteiger charge is -2.11. The fraction of sp³-hybridized carbons (Fsp3) is 0.500. The van der Waals surface area contributed by atoms with E-state index in [1.165, 1.54) is 11.3 Å². The summed E-state index contributed by atoms with van der Waals surface area (Å²) in [6, 6.07) is 2.01. The first-order valence-corrected chi connectivity index (χ1v) is 9.62. The molecule has 1 amide bonds. The van der Waals surface area contributed by atoms with Crippen LogP contribution in [0.3, 0.4) is 0 Å². The van der Waals surface area contributed by atoms with Crippen LogP contribution in [-0.2, 0) is 0 Å². The maximum Gasteiger partial charge on any atom is 0.258 e. The van der Waals surface area contributed by atoms with E-state index in [0.29, 0.717) is 10.7 Å². The number of carbonyl (C=O) groups excluding carboxylic acids is 1. The maximum absolute atomic E-state index is 12.9. The highest BCUT2D eigenvalue weighted by molar-refractivity contribution is 7.15. The second-order valence-corrected chi connectivity index (χ2v) is 8.23. The van der Waals surface area contributed by atoms with Gasteiger partial charge in [0.05, 0.1) is 17.1 Å². The van der Waals surface area contributed by atoms with E-state index in [2.05, 4.69) is 34.5 Å². The molecule has 0 saturated heterocycles. The second-order valence-electron chi connectivity index (χ2n) is 7.22. The smallest absolute Gasteiger partial charge is 0.258 e. The predicted octanol–water partition coefficient (Wildman–Crippen LogP) is 4.36. The Morgan fingerprint density at radius 1 is 1.12 bits per heavy atom. The lowest BCUT2D eigenvalue weighted by molar-refractivity contribution is 0.102.